The number of alkyl halides is 3. The smallest absolute Gasteiger partial charge is 0.282 e. The van der Waals surface area contributed by atoms with Crippen molar-refractivity contribution in [2.24, 2.45) is 0 Å². The number of ether oxygens (including phenoxy) is 1. The fourth-order valence-corrected chi connectivity index (χ4v) is 1.09. The third kappa shape index (κ3) is 2.51. The zero-order valence-corrected chi connectivity index (χ0v) is 8.26. The van der Waals surface area contributed by atoms with E-state index < -0.39 is 6.43 Å². The summed E-state index contributed by atoms with van der Waals surface area (Å²) in [6.45, 7) is 2.16. The third-order valence-electron chi connectivity index (χ3n) is 1.50. The van der Waals surface area contributed by atoms with Gasteiger partial charge in [0.05, 0.1) is 12.5 Å². The lowest BCUT2D eigenvalue weighted by atomic mass is 10.3. The fourth-order valence-electron chi connectivity index (χ4n) is 0.897. The van der Waals surface area contributed by atoms with Crippen molar-refractivity contribution in [2.75, 3.05) is 6.61 Å². The lowest BCUT2D eigenvalue weighted by molar-refractivity contribution is 0.144. The minimum Gasteiger partial charge on any atom is -0.477 e. The summed E-state index contributed by atoms with van der Waals surface area (Å²) < 4.78 is 29.5. The molecule has 1 aromatic rings. The van der Waals surface area contributed by atoms with Crippen molar-refractivity contribution >= 4 is 11.6 Å². The minimum absolute atomic E-state index is 0.0740. The second-order valence-electron chi connectivity index (χ2n) is 2.47. The predicted octanol–water partition coefficient (Wildman–Crippen LogP) is 2.55. The Morgan fingerprint density at radius 3 is 2.71 bits per heavy atom. The van der Waals surface area contributed by atoms with Crippen molar-refractivity contribution in [1.29, 1.82) is 0 Å². The molecule has 0 radical (unpaired) electrons. The van der Waals surface area contributed by atoms with Gasteiger partial charge in [0.2, 0.25) is 5.88 Å². The molecule has 1 heterocycles. The SMILES string of the molecule is CCOc1nnc(C(F)F)cc1CCl. The van der Waals surface area contributed by atoms with Crippen LogP contribution >= 0.6 is 11.6 Å². The van der Waals surface area contributed by atoms with E-state index in [1.54, 1.807) is 6.92 Å². The third-order valence-corrected chi connectivity index (χ3v) is 1.79. The van der Waals surface area contributed by atoms with Gasteiger partial charge >= 0.3 is 0 Å². The molecule has 0 saturated carbocycles. The first-order chi connectivity index (χ1) is 6.69. The molecule has 0 saturated heterocycles. The van der Waals surface area contributed by atoms with Gasteiger partial charge in [-0.3, -0.25) is 0 Å². The molecule has 0 atom stereocenters. The zero-order chi connectivity index (χ0) is 10.6. The molecule has 0 fully saturated rings. The highest BCUT2D eigenvalue weighted by Gasteiger charge is 2.13. The molecule has 78 valence electrons. The standard InChI is InChI=1S/C8H9ClF2N2O/c1-2-14-8-5(4-9)3-6(7(10)11)12-13-8/h3,7H,2,4H2,1H3. The molecule has 0 bridgehead atoms. The van der Waals surface area contributed by atoms with Gasteiger partial charge < -0.3 is 4.74 Å². The van der Waals surface area contributed by atoms with Crippen molar-refractivity contribution in [1.82, 2.24) is 10.2 Å². The van der Waals surface area contributed by atoms with Crippen LogP contribution in [-0.4, -0.2) is 16.8 Å². The normalized spacial score (nSPS) is 10.6. The van der Waals surface area contributed by atoms with Gasteiger partial charge in [0.25, 0.3) is 6.43 Å². The monoisotopic (exact) mass is 222 g/mol. The van der Waals surface area contributed by atoms with Crippen LogP contribution in [0.2, 0.25) is 0 Å². The predicted molar refractivity (Wildman–Crippen MR) is 47.7 cm³/mol. The van der Waals surface area contributed by atoms with Crippen molar-refractivity contribution in [3.05, 3.63) is 17.3 Å². The van der Waals surface area contributed by atoms with E-state index in [4.69, 9.17) is 16.3 Å². The van der Waals surface area contributed by atoms with Crippen molar-refractivity contribution in [2.45, 2.75) is 19.2 Å². The first kappa shape index (κ1) is 11.1. The number of halogens is 3. The van der Waals surface area contributed by atoms with Crippen LogP contribution in [0.3, 0.4) is 0 Å². The van der Waals surface area contributed by atoms with Gasteiger partial charge in [0, 0.05) is 5.56 Å². The van der Waals surface area contributed by atoms with Crippen LogP contribution < -0.4 is 4.74 Å². The summed E-state index contributed by atoms with van der Waals surface area (Å²) in [5.74, 6) is 0.289. The molecule has 0 aromatic carbocycles. The number of hydrogen-bond acceptors (Lipinski definition) is 3. The largest absolute Gasteiger partial charge is 0.477 e. The topological polar surface area (TPSA) is 35.0 Å². The second-order valence-corrected chi connectivity index (χ2v) is 2.73. The van der Waals surface area contributed by atoms with E-state index >= 15 is 0 Å². The molecule has 0 aliphatic heterocycles. The molecule has 0 N–H and O–H groups in total. The lowest BCUT2D eigenvalue weighted by Gasteiger charge is -2.06. The maximum atomic E-state index is 12.2. The van der Waals surface area contributed by atoms with Crippen LogP contribution in [0.25, 0.3) is 0 Å². The summed E-state index contributed by atoms with van der Waals surface area (Å²) in [5, 5.41) is 6.85. The summed E-state index contributed by atoms with van der Waals surface area (Å²) >= 11 is 5.55. The Hall–Kier alpha value is -0.970. The molecule has 0 spiro atoms. The van der Waals surface area contributed by atoms with Crippen LogP contribution in [0.5, 0.6) is 5.88 Å². The Kier molecular flexibility index (Phi) is 4.00. The molecular formula is C8H9ClF2N2O. The Morgan fingerprint density at radius 1 is 1.50 bits per heavy atom. The summed E-state index contributed by atoms with van der Waals surface area (Å²) in [6, 6.07) is 1.20. The van der Waals surface area contributed by atoms with E-state index in [-0.39, 0.29) is 17.5 Å². The number of aromatic nitrogens is 2. The molecule has 0 aliphatic carbocycles. The van der Waals surface area contributed by atoms with Crippen LogP contribution in [-0.2, 0) is 5.88 Å². The highest BCUT2D eigenvalue weighted by molar-refractivity contribution is 6.17. The van der Waals surface area contributed by atoms with E-state index in [0.717, 1.165) is 0 Å². The number of nitrogens with zero attached hydrogens (tertiary/aromatic N) is 2. The van der Waals surface area contributed by atoms with E-state index in [1.165, 1.54) is 6.07 Å². The van der Waals surface area contributed by atoms with Gasteiger partial charge in [0.15, 0.2) is 0 Å². The van der Waals surface area contributed by atoms with E-state index in [1.807, 2.05) is 0 Å². The summed E-state index contributed by atoms with van der Waals surface area (Å²) in [7, 11) is 0. The lowest BCUT2D eigenvalue weighted by Crippen LogP contribution is -2.03. The van der Waals surface area contributed by atoms with Gasteiger partial charge in [-0.05, 0) is 13.0 Å². The summed E-state index contributed by atoms with van der Waals surface area (Å²) in [6.07, 6.45) is -2.64. The fraction of sp³-hybridized carbons (Fsp3) is 0.500. The van der Waals surface area contributed by atoms with Crippen molar-refractivity contribution in [3.8, 4) is 5.88 Å². The minimum atomic E-state index is -2.64. The van der Waals surface area contributed by atoms with Crippen molar-refractivity contribution in [3.63, 3.8) is 0 Å². The van der Waals surface area contributed by atoms with Crippen LogP contribution in [0, 0.1) is 0 Å². The number of rotatable bonds is 4. The Labute approximate surface area is 85.0 Å². The molecule has 0 amide bonds. The van der Waals surface area contributed by atoms with Gasteiger partial charge in [-0.1, -0.05) is 0 Å². The first-order valence-corrected chi connectivity index (χ1v) is 4.55. The molecule has 1 aromatic heterocycles. The number of hydrogen-bond donors (Lipinski definition) is 0. The maximum absolute atomic E-state index is 12.2. The van der Waals surface area contributed by atoms with E-state index in [9.17, 15) is 8.78 Å². The molecule has 3 nitrogen and oxygen atoms in total. The van der Waals surface area contributed by atoms with Crippen molar-refractivity contribution < 1.29 is 13.5 Å². The highest BCUT2D eigenvalue weighted by Crippen LogP contribution is 2.22. The van der Waals surface area contributed by atoms with Crippen LogP contribution in [0.15, 0.2) is 6.07 Å². The highest BCUT2D eigenvalue weighted by atomic mass is 35.5. The average Bonchev–Trinajstić information content (AvgIpc) is 2.18. The maximum Gasteiger partial charge on any atom is 0.282 e. The molecule has 1 rings (SSSR count). The molecule has 0 unspecified atom stereocenters. The quantitative estimate of drug-likeness (QED) is 0.735. The summed E-state index contributed by atoms with van der Waals surface area (Å²) in [5.41, 5.74) is 0.0444. The zero-order valence-electron chi connectivity index (χ0n) is 7.51. The Bertz CT molecular complexity index is 309. The Morgan fingerprint density at radius 2 is 2.21 bits per heavy atom. The summed E-state index contributed by atoms with van der Waals surface area (Å²) in [4.78, 5) is 0. The average molecular weight is 223 g/mol. The van der Waals surface area contributed by atoms with Gasteiger partial charge in [-0.25, -0.2) is 8.78 Å². The van der Waals surface area contributed by atoms with Crippen LogP contribution in [0.4, 0.5) is 8.78 Å². The molecular weight excluding hydrogens is 214 g/mol. The van der Waals surface area contributed by atoms with Gasteiger partial charge in [-0.15, -0.1) is 21.8 Å². The molecule has 0 aliphatic rings. The molecule has 6 heteroatoms. The van der Waals surface area contributed by atoms with Gasteiger partial charge in [-0.2, -0.15) is 0 Å². The molecule has 14 heavy (non-hydrogen) atoms. The van der Waals surface area contributed by atoms with E-state index in [2.05, 4.69) is 10.2 Å². The van der Waals surface area contributed by atoms with E-state index in [0.29, 0.717) is 12.2 Å². The van der Waals surface area contributed by atoms with Crippen LogP contribution in [0.1, 0.15) is 24.6 Å². The second kappa shape index (κ2) is 5.05. The Balaban J connectivity index is 2.98. The first-order valence-electron chi connectivity index (χ1n) is 4.02. The van der Waals surface area contributed by atoms with Gasteiger partial charge in [0.1, 0.15) is 5.69 Å².